The standard InChI is InChI=1S/C10H8O2S2/c1-13-8-3-6(5-11)2-7-4-9(12)14-10(7)8/h2-5,12H,1H3. The zero-order valence-corrected chi connectivity index (χ0v) is 9.11. The van der Waals surface area contributed by atoms with Crippen molar-refractivity contribution in [3.63, 3.8) is 0 Å². The highest BCUT2D eigenvalue weighted by Gasteiger charge is 2.07. The molecule has 0 aliphatic rings. The Hall–Kier alpha value is -1.00. The molecule has 2 nitrogen and oxygen atoms in total. The Kier molecular flexibility index (Phi) is 2.48. The Morgan fingerprint density at radius 2 is 2.21 bits per heavy atom. The van der Waals surface area contributed by atoms with E-state index in [9.17, 15) is 9.90 Å². The van der Waals surface area contributed by atoms with Crippen molar-refractivity contribution in [2.45, 2.75) is 4.90 Å². The average molecular weight is 224 g/mol. The van der Waals surface area contributed by atoms with E-state index < -0.39 is 0 Å². The number of aromatic hydroxyl groups is 1. The number of thiophene rings is 1. The van der Waals surface area contributed by atoms with Crippen LogP contribution in [0.15, 0.2) is 23.1 Å². The SMILES string of the molecule is CSc1cc(C=O)cc2cc(O)sc12. The van der Waals surface area contributed by atoms with Crippen LogP contribution in [0.1, 0.15) is 10.4 Å². The van der Waals surface area contributed by atoms with Gasteiger partial charge in [0.05, 0.1) is 4.70 Å². The van der Waals surface area contributed by atoms with Gasteiger partial charge in [0.25, 0.3) is 0 Å². The molecule has 72 valence electrons. The van der Waals surface area contributed by atoms with Crippen molar-refractivity contribution in [3.05, 3.63) is 23.8 Å². The second-order valence-electron chi connectivity index (χ2n) is 2.84. The summed E-state index contributed by atoms with van der Waals surface area (Å²) >= 11 is 2.92. The summed E-state index contributed by atoms with van der Waals surface area (Å²) in [5, 5.41) is 10.6. The minimum Gasteiger partial charge on any atom is -0.499 e. The average Bonchev–Trinajstić information content (AvgIpc) is 2.56. The van der Waals surface area contributed by atoms with Gasteiger partial charge in [-0.3, -0.25) is 4.79 Å². The largest absolute Gasteiger partial charge is 0.499 e. The summed E-state index contributed by atoms with van der Waals surface area (Å²) < 4.78 is 1.04. The molecule has 2 rings (SSSR count). The molecular weight excluding hydrogens is 216 g/mol. The molecule has 2 aromatic rings. The Balaban J connectivity index is 2.78. The molecule has 0 bridgehead atoms. The van der Waals surface area contributed by atoms with Gasteiger partial charge in [0.15, 0.2) is 5.06 Å². The van der Waals surface area contributed by atoms with Crippen molar-refractivity contribution in [3.8, 4) is 5.06 Å². The predicted molar refractivity (Wildman–Crippen MR) is 60.7 cm³/mol. The molecule has 0 radical (unpaired) electrons. The quantitative estimate of drug-likeness (QED) is 0.629. The summed E-state index contributed by atoms with van der Waals surface area (Å²) in [4.78, 5) is 11.7. The lowest BCUT2D eigenvalue weighted by atomic mass is 10.2. The van der Waals surface area contributed by atoms with Gasteiger partial charge in [0.1, 0.15) is 6.29 Å². The minimum absolute atomic E-state index is 0.290. The van der Waals surface area contributed by atoms with Gasteiger partial charge in [-0.2, -0.15) is 0 Å². The van der Waals surface area contributed by atoms with Crippen LogP contribution in [0.2, 0.25) is 0 Å². The third-order valence-corrected chi connectivity index (χ3v) is 3.83. The lowest BCUT2D eigenvalue weighted by molar-refractivity contribution is 0.112. The van der Waals surface area contributed by atoms with Crippen molar-refractivity contribution in [2.24, 2.45) is 0 Å². The van der Waals surface area contributed by atoms with Crippen molar-refractivity contribution < 1.29 is 9.90 Å². The first-order chi connectivity index (χ1) is 6.74. The molecule has 14 heavy (non-hydrogen) atoms. The van der Waals surface area contributed by atoms with Crippen LogP contribution in [-0.2, 0) is 0 Å². The molecule has 1 aromatic heterocycles. The van der Waals surface area contributed by atoms with Crippen LogP contribution >= 0.6 is 23.1 Å². The smallest absolute Gasteiger partial charge is 0.172 e. The molecule has 0 saturated carbocycles. The molecule has 1 heterocycles. The number of aldehydes is 1. The fraction of sp³-hybridized carbons (Fsp3) is 0.100. The molecule has 0 fully saturated rings. The van der Waals surface area contributed by atoms with E-state index in [1.807, 2.05) is 12.3 Å². The predicted octanol–water partition coefficient (Wildman–Crippen LogP) is 3.14. The van der Waals surface area contributed by atoms with Gasteiger partial charge in [-0.05, 0) is 29.8 Å². The van der Waals surface area contributed by atoms with Crippen LogP contribution in [0.25, 0.3) is 10.1 Å². The highest BCUT2D eigenvalue weighted by Crippen LogP contribution is 2.37. The highest BCUT2D eigenvalue weighted by molar-refractivity contribution is 7.99. The zero-order valence-electron chi connectivity index (χ0n) is 7.48. The van der Waals surface area contributed by atoms with Gasteiger partial charge in [-0.15, -0.1) is 11.8 Å². The number of hydrogen-bond acceptors (Lipinski definition) is 4. The number of fused-ring (bicyclic) bond motifs is 1. The molecule has 4 heteroatoms. The van der Waals surface area contributed by atoms with Crippen molar-refractivity contribution in [1.82, 2.24) is 0 Å². The molecule has 0 amide bonds. The second-order valence-corrected chi connectivity index (χ2v) is 4.72. The molecule has 0 atom stereocenters. The number of carbonyl (C=O) groups excluding carboxylic acids is 1. The van der Waals surface area contributed by atoms with Gasteiger partial charge in [0.2, 0.25) is 0 Å². The van der Waals surface area contributed by atoms with Crippen LogP contribution in [-0.4, -0.2) is 17.6 Å². The van der Waals surface area contributed by atoms with Crippen LogP contribution in [0.4, 0.5) is 0 Å². The maximum Gasteiger partial charge on any atom is 0.172 e. The van der Waals surface area contributed by atoms with Gasteiger partial charge in [-0.1, -0.05) is 11.3 Å². The molecule has 1 aromatic carbocycles. The Labute approximate surface area is 89.6 Å². The third kappa shape index (κ3) is 1.51. The first-order valence-corrected chi connectivity index (χ1v) is 6.04. The second kappa shape index (κ2) is 3.63. The molecule has 0 spiro atoms. The summed E-state index contributed by atoms with van der Waals surface area (Å²) in [7, 11) is 0. The molecule has 0 aliphatic carbocycles. The van der Waals surface area contributed by atoms with E-state index in [1.165, 1.54) is 11.3 Å². The molecular formula is C10H8O2S2. The lowest BCUT2D eigenvalue weighted by Gasteiger charge is -1.99. The Morgan fingerprint density at radius 1 is 1.43 bits per heavy atom. The van der Waals surface area contributed by atoms with E-state index in [4.69, 9.17) is 0 Å². The van der Waals surface area contributed by atoms with Crippen molar-refractivity contribution in [2.75, 3.05) is 6.26 Å². The summed E-state index contributed by atoms with van der Waals surface area (Å²) in [6.45, 7) is 0. The third-order valence-electron chi connectivity index (χ3n) is 1.95. The first kappa shape index (κ1) is 9.55. The Morgan fingerprint density at radius 3 is 2.86 bits per heavy atom. The number of carbonyl (C=O) groups is 1. The van der Waals surface area contributed by atoms with E-state index in [-0.39, 0.29) is 0 Å². The fourth-order valence-corrected chi connectivity index (χ4v) is 3.07. The van der Waals surface area contributed by atoms with Crippen LogP contribution < -0.4 is 0 Å². The molecule has 0 aliphatic heterocycles. The summed E-state index contributed by atoms with van der Waals surface area (Å²) in [6.07, 6.45) is 2.79. The van der Waals surface area contributed by atoms with Crippen molar-refractivity contribution >= 4 is 39.5 Å². The van der Waals surface area contributed by atoms with E-state index in [2.05, 4.69) is 0 Å². The highest BCUT2D eigenvalue weighted by atomic mass is 32.2. The number of hydrogen-bond donors (Lipinski definition) is 1. The fourth-order valence-electron chi connectivity index (χ4n) is 1.35. The topological polar surface area (TPSA) is 37.3 Å². The van der Waals surface area contributed by atoms with E-state index in [0.29, 0.717) is 10.6 Å². The number of benzene rings is 1. The maximum absolute atomic E-state index is 10.7. The van der Waals surface area contributed by atoms with E-state index in [0.717, 1.165) is 21.3 Å². The first-order valence-electron chi connectivity index (χ1n) is 4.00. The zero-order chi connectivity index (χ0) is 10.1. The van der Waals surface area contributed by atoms with Crippen LogP contribution in [0, 0.1) is 0 Å². The summed E-state index contributed by atoms with van der Waals surface area (Å²) in [5.41, 5.74) is 0.652. The van der Waals surface area contributed by atoms with Gasteiger partial charge < -0.3 is 5.11 Å². The van der Waals surface area contributed by atoms with Crippen LogP contribution in [0.3, 0.4) is 0 Å². The summed E-state index contributed by atoms with van der Waals surface area (Å²) in [5.74, 6) is 0. The Bertz CT molecular complexity index is 488. The molecule has 1 N–H and O–H groups in total. The van der Waals surface area contributed by atoms with Crippen molar-refractivity contribution in [1.29, 1.82) is 0 Å². The van der Waals surface area contributed by atoms with Gasteiger partial charge in [-0.25, -0.2) is 0 Å². The number of rotatable bonds is 2. The van der Waals surface area contributed by atoms with E-state index in [1.54, 1.807) is 23.9 Å². The van der Waals surface area contributed by atoms with Gasteiger partial charge >= 0.3 is 0 Å². The van der Waals surface area contributed by atoms with E-state index >= 15 is 0 Å². The lowest BCUT2D eigenvalue weighted by Crippen LogP contribution is -1.80. The van der Waals surface area contributed by atoms with Crippen LogP contribution in [0.5, 0.6) is 5.06 Å². The monoisotopic (exact) mass is 224 g/mol. The number of thioether (sulfide) groups is 1. The maximum atomic E-state index is 10.7. The summed E-state index contributed by atoms with van der Waals surface area (Å²) in [6, 6.07) is 5.32. The normalized spacial score (nSPS) is 10.6. The minimum atomic E-state index is 0.290. The van der Waals surface area contributed by atoms with Gasteiger partial charge in [0, 0.05) is 10.5 Å². The molecule has 0 saturated heterocycles. The molecule has 0 unspecified atom stereocenters.